The molecule has 678 valence electrons. The minimum Gasteiger partial charge on any atom is -0.486 e. The van der Waals surface area contributed by atoms with Crippen LogP contribution in [-0.4, -0.2) is 58.4 Å². The van der Waals surface area contributed by atoms with E-state index >= 15 is 0 Å². The van der Waals surface area contributed by atoms with Gasteiger partial charge in [-0.05, 0) is 151 Å². The monoisotopic (exact) mass is 1840 g/mol. The minimum absolute atomic E-state index is 0. The largest absolute Gasteiger partial charge is 0.486 e. The molecule has 16 rings (SSSR count). The Kier molecular flexibility index (Phi) is 37.6. The summed E-state index contributed by atoms with van der Waals surface area (Å²) in [4.78, 5) is 0. The van der Waals surface area contributed by atoms with Gasteiger partial charge in [-0.15, -0.1) is 40.8 Å². The number of pyridine rings is 4. The van der Waals surface area contributed by atoms with Crippen LogP contribution in [0.15, 0.2) is 116 Å². The lowest BCUT2D eigenvalue weighted by Gasteiger charge is -2.21. The van der Waals surface area contributed by atoms with Crippen LogP contribution in [-0.2, 0) is 50.4 Å². The molecule has 123 heavy (non-hydrogen) atoms. The van der Waals surface area contributed by atoms with E-state index in [9.17, 15) is 92.2 Å². The zero-order valence-corrected chi connectivity index (χ0v) is 65.5. The Labute approximate surface area is 723 Å². The highest BCUT2D eigenvalue weighted by Gasteiger charge is 2.44. The van der Waals surface area contributed by atoms with E-state index in [1.807, 2.05) is 0 Å². The Hall–Kier alpha value is -9.51. The van der Waals surface area contributed by atoms with Crippen molar-refractivity contribution in [2.45, 2.75) is 198 Å². The fourth-order valence-corrected chi connectivity index (χ4v) is 12.9. The molecule has 41 heteroatoms. The first kappa shape index (κ1) is 108. The van der Waals surface area contributed by atoms with Crippen LogP contribution < -0.4 is 18.9 Å². The third-order valence-corrected chi connectivity index (χ3v) is 19.1. The van der Waals surface area contributed by atoms with Crippen molar-refractivity contribution in [1.29, 1.82) is 0 Å². The van der Waals surface area contributed by atoms with Crippen molar-refractivity contribution in [3.8, 4) is 23.0 Å². The molecule has 12 aromatic rings. The van der Waals surface area contributed by atoms with Gasteiger partial charge in [0.1, 0.15) is 105 Å². The summed E-state index contributed by atoms with van der Waals surface area (Å²) in [5.41, 5.74) is -6.18. The average Bonchev–Trinajstić information content (AvgIpc) is 1.38. The quantitative estimate of drug-likeness (QED) is 0.0666. The molecular weight excluding hydrogens is 1740 g/mol. The van der Waals surface area contributed by atoms with Crippen LogP contribution in [0.1, 0.15) is 216 Å². The second-order valence-electron chi connectivity index (χ2n) is 27.9. The van der Waals surface area contributed by atoms with Gasteiger partial charge in [0, 0.05) is 115 Å². The molecule has 8 heterocycles. The Morgan fingerprint density at radius 1 is 0.301 bits per heavy atom. The van der Waals surface area contributed by atoms with Gasteiger partial charge < -0.3 is 18.9 Å². The predicted molar refractivity (Wildman–Crippen MR) is 441 cm³/mol. The van der Waals surface area contributed by atoms with E-state index in [0.29, 0.717) is 96.9 Å². The summed E-state index contributed by atoms with van der Waals surface area (Å²) in [5.74, 6) is -7.61. The van der Waals surface area contributed by atoms with Crippen LogP contribution in [0, 0.1) is 76.0 Å². The number of benzene rings is 4. The molecule has 0 bridgehead atoms. The van der Waals surface area contributed by atoms with E-state index in [4.69, 9.17) is 18.9 Å². The molecule has 4 aliphatic rings. The summed E-state index contributed by atoms with van der Waals surface area (Å²) in [6, 6.07) is 13.7. The van der Waals surface area contributed by atoms with Crippen LogP contribution in [0.4, 0.5) is 92.2 Å². The molecule has 0 amide bonds. The van der Waals surface area contributed by atoms with Crippen molar-refractivity contribution >= 4 is 76.6 Å². The molecular formula is C82H95F21N12O4S4. The van der Waals surface area contributed by atoms with Crippen molar-refractivity contribution < 1.29 is 111 Å². The second-order valence-corrected chi connectivity index (χ2v) is 27.9. The molecule has 8 aromatic heterocycles. The molecule has 4 fully saturated rings. The van der Waals surface area contributed by atoms with E-state index in [2.05, 4.69) is 40.8 Å². The fourth-order valence-electron chi connectivity index (χ4n) is 12.9. The normalized spacial score (nSPS) is 14.5. The molecule has 0 saturated heterocycles. The Bertz CT molecular complexity index is 5470. The summed E-state index contributed by atoms with van der Waals surface area (Å²) < 4.78 is 313. The Morgan fingerprint density at radius 2 is 0.585 bits per heavy atom. The number of aromatic nitrogens is 12. The maximum atomic E-state index is 13.9. The molecule has 0 unspecified atom stereocenters. The highest BCUT2D eigenvalue weighted by molar-refractivity contribution is 7.59. The predicted octanol–water partition coefficient (Wildman–Crippen LogP) is 24.9. The molecule has 0 aliphatic heterocycles. The molecule has 0 radical (unpaired) electrons. The zero-order valence-electron chi connectivity index (χ0n) is 61.5. The van der Waals surface area contributed by atoms with Gasteiger partial charge >= 0.3 is 24.7 Å². The average molecular weight is 1840 g/mol. The molecule has 0 spiro atoms. The molecule has 4 aliphatic carbocycles. The summed E-state index contributed by atoms with van der Waals surface area (Å²) in [7, 11) is 0. The van der Waals surface area contributed by atoms with Crippen LogP contribution >= 0.6 is 54.0 Å². The molecule has 4 saturated carbocycles. The number of hydrogen-bond acceptors (Lipinski definition) is 12. The summed E-state index contributed by atoms with van der Waals surface area (Å²) in [5, 5.41) is 30.7. The maximum absolute atomic E-state index is 13.9. The lowest BCUT2D eigenvalue weighted by atomic mass is 10.0. The summed E-state index contributed by atoms with van der Waals surface area (Å²) in [6.45, 7) is 5.37. The minimum atomic E-state index is -4.81. The highest BCUT2D eigenvalue weighted by atomic mass is 32.1. The smallest absolute Gasteiger partial charge is 0.420 e. The lowest BCUT2D eigenvalue weighted by molar-refractivity contribution is -0.138. The van der Waals surface area contributed by atoms with Crippen molar-refractivity contribution in [2.75, 3.05) is 0 Å². The fraction of sp³-hybridized carbons (Fsp3) is 0.415. The topological polar surface area (TPSA) is 158 Å². The number of rotatable bonds is 20. The van der Waals surface area contributed by atoms with Gasteiger partial charge in [0.25, 0.3) is 0 Å². The van der Waals surface area contributed by atoms with E-state index in [1.165, 1.54) is 94.4 Å². The molecule has 4 atom stereocenters. The lowest BCUT2D eigenvalue weighted by Crippen LogP contribution is -2.17. The Balaban J connectivity index is 0.000000412. The van der Waals surface area contributed by atoms with Gasteiger partial charge in [0.05, 0.1) is 0 Å². The van der Waals surface area contributed by atoms with Crippen LogP contribution in [0.2, 0.25) is 0 Å². The number of halogens is 21. The standard InChI is InChI=1S/C19H15F6N3O.3C19H16F5N3O.6CH4.4H2S/c1-9(29-17-13(21)7-11(20)8-14(17)22)12-4-5-28-15(6-10-2-3-10)26-27-18(28)16(12)19(23,24)25;1-10(28-14-8-12(20)7-13(21)9-14)15-4-5-27-16(6-11-2-3-11)25-26-18(27)17(15)19(22,23)24;1-10(28-15-5-4-12(20)9-14(15)21)13-6-7-27-16(8-11-2-3-11)25-26-18(27)17(13)19(22,23)24;1-10(28-12-4-5-14(20)15(21)9-12)13-6-7-27-16(8-11-2-3-11)25-26-18(27)17(13)19(22,23)24;;;;;;;;;;/h4-5,7-10H,2-3,6H2,1H3;4-5,7-11H,2-3,6H2,1H3;2*4-7,9-11H,2-3,8H2,1H3;6*1H4;4*1H2/t9-;3*10-;;;;;;;;;;/m0000........../s1. The van der Waals surface area contributed by atoms with Gasteiger partial charge in [0.15, 0.2) is 63.2 Å². The maximum Gasteiger partial charge on any atom is 0.420 e. The number of hydrogen-bond donors (Lipinski definition) is 0. The molecule has 0 N–H and O–H groups in total. The van der Waals surface area contributed by atoms with E-state index in [1.54, 1.807) is 0 Å². The van der Waals surface area contributed by atoms with Crippen molar-refractivity contribution in [2.24, 2.45) is 23.7 Å². The van der Waals surface area contributed by atoms with Gasteiger partial charge in [-0.1, -0.05) is 44.6 Å². The summed E-state index contributed by atoms with van der Waals surface area (Å²) >= 11 is 0. The zero-order chi connectivity index (χ0) is 81.1. The Morgan fingerprint density at radius 3 is 0.878 bits per heavy atom. The number of fused-ring (bicyclic) bond motifs is 4. The SMILES string of the molecule is C.C.C.C.C.C.C[C@H](Oc1c(F)cc(F)cc1F)c1ccn2c(CC3CC3)nnc2c1C(F)(F)F.C[C@H](Oc1cc(F)cc(F)c1)c1ccn2c(CC3CC3)nnc2c1C(F)(F)F.C[C@H](Oc1ccc(F)c(F)c1)c1ccn2c(CC3CC3)nnc2c1C(F)(F)F.C[C@H](Oc1ccc(F)cc1F)c1ccn2c(CC3CC3)nnc2c1C(F)(F)F.S.S.S.S. The van der Waals surface area contributed by atoms with Crippen LogP contribution in [0.5, 0.6) is 23.0 Å². The first-order valence-electron chi connectivity index (χ1n) is 35.3. The number of alkyl halides is 12. The second kappa shape index (κ2) is 42.9. The first-order valence-corrected chi connectivity index (χ1v) is 35.3. The van der Waals surface area contributed by atoms with Gasteiger partial charge in [-0.3, -0.25) is 17.6 Å². The van der Waals surface area contributed by atoms with E-state index < -0.39 is 135 Å². The van der Waals surface area contributed by atoms with Crippen molar-refractivity contribution in [3.05, 3.63) is 236 Å². The van der Waals surface area contributed by atoms with E-state index in [0.717, 1.165) is 93.8 Å². The highest BCUT2D eigenvalue weighted by Crippen LogP contribution is 2.46. The third-order valence-electron chi connectivity index (χ3n) is 19.1. The van der Waals surface area contributed by atoms with Crippen molar-refractivity contribution in [3.63, 3.8) is 0 Å². The van der Waals surface area contributed by atoms with Gasteiger partial charge in [-0.25, -0.2) is 39.5 Å². The third kappa shape index (κ3) is 25.4. The van der Waals surface area contributed by atoms with Crippen molar-refractivity contribution in [1.82, 2.24) is 58.4 Å². The van der Waals surface area contributed by atoms with Gasteiger partial charge in [0.2, 0.25) is 0 Å². The van der Waals surface area contributed by atoms with Crippen LogP contribution in [0.3, 0.4) is 0 Å². The van der Waals surface area contributed by atoms with Gasteiger partial charge in [-0.2, -0.15) is 107 Å². The summed E-state index contributed by atoms with van der Waals surface area (Å²) in [6.07, 6.45) is -7.34. The number of ether oxygens (including phenoxy) is 4. The first-order chi connectivity index (χ1) is 53.3. The molecule has 16 nitrogen and oxygen atoms in total. The molecule has 4 aromatic carbocycles. The van der Waals surface area contributed by atoms with Crippen LogP contribution in [0.25, 0.3) is 22.6 Å². The number of nitrogens with zero attached hydrogens (tertiary/aromatic N) is 12. The van der Waals surface area contributed by atoms with E-state index in [-0.39, 0.29) is 155 Å².